The predicted octanol–water partition coefficient (Wildman–Crippen LogP) is 3.47. The number of ether oxygens (including phenoxy) is 1. The van der Waals surface area contributed by atoms with E-state index in [1.54, 1.807) is 12.1 Å². The van der Waals surface area contributed by atoms with Crippen LogP contribution >= 0.6 is 23.2 Å². The lowest BCUT2D eigenvalue weighted by molar-refractivity contribution is -0.122. The van der Waals surface area contributed by atoms with Crippen molar-refractivity contribution in [2.24, 2.45) is 0 Å². The standard InChI is InChI=1S/C13H16Cl2N2O2/c14-10-5-8(16)6-11(15)13(10)17-12(18)7-19-9-3-1-2-4-9/h5-6,9H,1-4,7,16H2,(H,17,18). The van der Waals surface area contributed by atoms with Crippen molar-refractivity contribution in [1.29, 1.82) is 0 Å². The number of hydrogen-bond donors (Lipinski definition) is 2. The van der Waals surface area contributed by atoms with E-state index in [0.717, 1.165) is 12.8 Å². The molecule has 0 aromatic heterocycles. The molecular weight excluding hydrogens is 287 g/mol. The zero-order valence-electron chi connectivity index (χ0n) is 10.4. The zero-order valence-corrected chi connectivity index (χ0v) is 11.9. The van der Waals surface area contributed by atoms with Crippen LogP contribution in [0.4, 0.5) is 11.4 Å². The molecule has 0 bridgehead atoms. The normalized spacial score (nSPS) is 15.7. The van der Waals surface area contributed by atoms with Gasteiger partial charge in [-0.1, -0.05) is 36.0 Å². The average molecular weight is 303 g/mol. The molecule has 0 heterocycles. The number of nitrogens with two attached hydrogens (primary N) is 1. The summed E-state index contributed by atoms with van der Waals surface area (Å²) in [5.74, 6) is -0.263. The molecule has 4 nitrogen and oxygen atoms in total. The van der Waals surface area contributed by atoms with Crippen LogP contribution in [0.1, 0.15) is 25.7 Å². The molecule has 0 unspecified atom stereocenters. The van der Waals surface area contributed by atoms with Gasteiger partial charge in [-0.3, -0.25) is 4.79 Å². The van der Waals surface area contributed by atoms with Gasteiger partial charge in [-0.2, -0.15) is 0 Å². The molecule has 19 heavy (non-hydrogen) atoms. The largest absolute Gasteiger partial charge is 0.399 e. The van der Waals surface area contributed by atoms with Crippen molar-refractivity contribution in [2.45, 2.75) is 31.8 Å². The fourth-order valence-electron chi connectivity index (χ4n) is 2.14. The van der Waals surface area contributed by atoms with Gasteiger partial charge in [-0.05, 0) is 25.0 Å². The number of amides is 1. The molecule has 0 radical (unpaired) electrons. The minimum atomic E-state index is -0.263. The van der Waals surface area contributed by atoms with E-state index in [1.807, 2.05) is 0 Å². The van der Waals surface area contributed by atoms with Crippen molar-refractivity contribution < 1.29 is 9.53 Å². The van der Waals surface area contributed by atoms with E-state index >= 15 is 0 Å². The smallest absolute Gasteiger partial charge is 0.250 e. The van der Waals surface area contributed by atoms with Gasteiger partial charge in [0.1, 0.15) is 6.61 Å². The Hall–Kier alpha value is -0.970. The Balaban J connectivity index is 1.91. The summed E-state index contributed by atoms with van der Waals surface area (Å²) in [5.41, 5.74) is 6.42. The molecule has 1 fully saturated rings. The fraction of sp³-hybridized carbons (Fsp3) is 0.462. The minimum Gasteiger partial charge on any atom is -0.399 e. The van der Waals surface area contributed by atoms with Gasteiger partial charge >= 0.3 is 0 Å². The highest BCUT2D eigenvalue weighted by molar-refractivity contribution is 6.40. The molecule has 0 atom stereocenters. The molecule has 0 spiro atoms. The molecule has 1 amide bonds. The minimum absolute atomic E-state index is 0.0156. The van der Waals surface area contributed by atoms with E-state index in [9.17, 15) is 4.79 Å². The first-order chi connectivity index (χ1) is 9.06. The molecule has 3 N–H and O–H groups in total. The Morgan fingerprint density at radius 1 is 1.32 bits per heavy atom. The number of anilines is 2. The van der Waals surface area contributed by atoms with Crippen LogP contribution < -0.4 is 11.1 Å². The molecule has 1 saturated carbocycles. The zero-order chi connectivity index (χ0) is 13.8. The van der Waals surface area contributed by atoms with Gasteiger partial charge in [-0.15, -0.1) is 0 Å². The number of hydrogen-bond acceptors (Lipinski definition) is 3. The third-order valence-electron chi connectivity index (χ3n) is 3.08. The van der Waals surface area contributed by atoms with E-state index in [0.29, 0.717) is 21.4 Å². The highest BCUT2D eigenvalue weighted by Crippen LogP contribution is 2.32. The topological polar surface area (TPSA) is 64.3 Å². The third-order valence-corrected chi connectivity index (χ3v) is 3.68. The number of carbonyl (C=O) groups excluding carboxylic acids is 1. The SMILES string of the molecule is Nc1cc(Cl)c(NC(=O)COC2CCCC2)c(Cl)c1. The number of carbonyl (C=O) groups is 1. The summed E-state index contributed by atoms with van der Waals surface area (Å²) < 4.78 is 5.52. The molecular formula is C13H16Cl2N2O2. The Morgan fingerprint density at radius 3 is 2.47 bits per heavy atom. The molecule has 1 aromatic rings. The summed E-state index contributed by atoms with van der Waals surface area (Å²) in [6, 6.07) is 3.09. The second-order valence-corrected chi connectivity index (χ2v) is 5.44. The third kappa shape index (κ3) is 4.00. The van der Waals surface area contributed by atoms with Crippen LogP contribution in [0, 0.1) is 0 Å². The van der Waals surface area contributed by atoms with E-state index in [2.05, 4.69) is 5.32 Å². The van der Waals surface area contributed by atoms with Gasteiger partial charge in [0.05, 0.1) is 21.8 Å². The Labute approximate surface area is 122 Å². The number of benzene rings is 1. The molecule has 0 aliphatic heterocycles. The quantitative estimate of drug-likeness (QED) is 0.837. The highest BCUT2D eigenvalue weighted by Gasteiger charge is 2.17. The average Bonchev–Trinajstić information content (AvgIpc) is 2.84. The van der Waals surface area contributed by atoms with Crippen LogP contribution in [0.25, 0.3) is 0 Å². The van der Waals surface area contributed by atoms with E-state index in [-0.39, 0.29) is 18.6 Å². The lowest BCUT2D eigenvalue weighted by Crippen LogP contribution is -2.22. The number of rotatable bonds is 4. The van der Waals surface area contributed by atoms with Gasteiger partial charge < -0.3 is 15.8 Å². The second kappa shape index (κ2) is 6.46. The van der Waals surface area contributed by atoms with Crippen molar-refractivity contribution in [3.05, 3.63) is 22.2 Å². The number of halogens is 2. The van der Waals surface area contributed by atoms with Crippen LogP contribution in [0.15, 0.2) is 12.1 Å². The second-order valence-electron chi connectivity index (χ2n) is 4.63. The van der Waals surface area contributed by atoms with E-state index in [4.69, 9.17) is 33.7 Å². The van der Waals surface area contributed by atoms with Gasteiger partial charge in [0.15, 0.2) is 0 Å². The molecule has 1 aliphatic carbocycles. The first-order valence-corrected chi connectivity index (χ1v) is 6.98. The van der Waals surface area contributed by atoms with Crippen LogP contribution in [0.2, 0.25) is 10.0 Å². The van der Waals surface area contributed by atoms with Crippen LogP contribution in [-0.2, 0) is 9.53 Å². The summed E-state index contributed by atoms with van der Waals surface area (Å²) in [6.07, 6.45) is 4.58. The lowest BCUT2D eigenvalue weighted by Gasteiger charge is -2.13. The molecule has 1 aromatic carbocycles. The maximum Gasteiger partial charge on any atom is 0.250 e. The molecule has 104 valence electrons. The predicted molar refractivity (Wildman–Crippen MR) is 77.7 cm³/mol. The van der Waals surface area contributed by atoms with Crippen LogP contribution in [0.3, 0.4) is 0 Å². The van der Waals surface area contributed by atoms with Crippen molar-refractivity contribution >= 4 is 40.5 Å². The molecule has 0 saturated heterocycles. The first kappa shape index (κ1) is 14.4. The highest BCUT2D eigenvalue weighted by atomic mass is 35.5. The van der Waals surface area contributed by atoms with Crippen molar-refractivity contribution in [2.75, 3.05) is 17.7 Å². The Kier molecular flexibility index (Phi) is 4.91. The first-order valence-electron chi connectivity index (χ1n) is 6.22. The molecule has 6 heteroatoms. The Morgan fingerprint density at radius 2 is 1.89 bits per heavy atom. The van der Waals surface area contributed by atoms with Crippen molar-refractivity contribution in [1.82, 2.24) is 0 Å². The summed E-state index contributed by atoms with van der Waals surface area (Å²) >= 11 is 12.0. The van der Waals surface area contributed by atoms with Gasteiger partial charge in [-0.25, -0.2) is 0 Å². The maximum atomic E-state index is 11.8. The molecule has 2 rings (SSSR count). The summed E-state index contributed by atoms with van der Waals surface area (Å²) in [5, 5.41) is 3.28. The van der Waals surface area contributed by atoms with E-state index in [1.165, 1.54) is 12.8 Å². The van der Waals surface area contributed by atoms with Crippen LogP contribution in [0.5, 0.6) is 0 Å². The summed E-state index contributed by atoms with van der Waals surface area (Å²) in [6.45, 7) is 0.0156. The van der Waals surface area contributed by atoms with Crippen molar-refractivity contribution in [3.63, 3.8) is 0 Å². The summed E-state index contributed by atoms with van der Waals surface area (Å²) in [7, 11) is 0. The number of nitrogens with one attached hydrogen (secondary N) is 1. The maximum absolute atomic E-state index is 11.8. The van der Waals surface area contributed by atoms with Gasteiger partial charge in [0.25, 0.3) is 0 Å². The lowest BCUT2D eigenvalue weighted by atomic mass is 10.3. The fourth-order valence-corrected chi connectivity index (χ4v) is 2.73. The van der Waals surface area contributed by atoms with E-state index < -0.39 is 0 Å². The van der Waals surface area contributed by atoms with Gasteiger partial charge in [0.2, 0.25) is 5.91 Å². The monoisotopic (exact) mass is 302 g/mol. The van der Waals surface area contributed by atoms with Crippen molar-refractivity contribution in [3.8, 4) is 0 Å². The van der Waals surface area contributed by atoms with Gasteiger partial charge in [0, 0.05) is 5.69 Å². The summed E-state index contributed by atoms with van der Waals surface area (Å²) in [4.78, 5) is 11.8. The number of nitrogen functional groups attached to an aromatic ring is 1. The van der Waals surface area contributed by atoms with Crippen LogP contribution in [-0.4, -0.2) is 18.6 Å². The Bertz CT molecular complexity index is 451. The molecule has 1 aliphatic rings.